The van der Waals surface area contributed by atoms with Crippen LogP contribution in [0.3, 0.4) is 0 Å². The number of methoxy groups -OCH3 is 3. The quantitative estimate of drug-likeness (QED) is 0.685. The molecule has 0 radical (unpaired) electrons. The molecule has 0 aromatic heterocycles. The third-order valence-electron chi connectivity index (χ3n) is 4.32. The summed E-state index contributed by atoms with van der Waals surface area (Å²) in [7, 11) is 6.65. The van der Waals surface area contributed by atoms with E-state index < -0.39 is 0 Å². The Kier molecular flexibility index (Phi) is 7.79. The van der Waals surface area contributed by atoms with Gasteiger partial charge in [0.1, 0.15) is 17.2 Å². The van der Waals surface area contributed by atoms with Crippen molar-refractivity contribution in [3.8, 4) is 17.2 Å². The summed E-state index contributed by atoms with van der Waals surface area (Å²) in [5, 5.41) is 2.95. The van der Waals surface area contributed by atoms with E-state index in [0.29, 0.717) is 13.1 Å². The summed E-state index contributed by atoms with van der Waals surface area (Å²) < 4.78 is 15.8. The van der Waals surface area contributed by atoms with Crippen LogP contribution in [0.4, 0.5) is 4.79 Å². The molecule has 0 saturated carbocycles. The Balaban J connectivity index is 1.80. The molecule has 6 nitrogen and oxygen atoms in total. The summed E-state index contributed by atoms with van der Waals surface area (Å²) in [6, 6.07) is 13.4. The van der Waals surface area contributed by atoms with Crippen molar-refractivity contribution in [2.24, 2.45) is 0 Å². The number of nitrogens with one attached hydrogen (secondary N) is 1. The number of carbonyl (C=O) groups is 1. The van der Waals surface area contributed by atoms with Gasteiger partial charge in [0, 0.05) is 19.2 Å². The van der Waals surface area contributed by atoms with Gasteiger partial charge in [-0.3, -0.25) is 0 Å². The maximum Gasteiger partial charge on any atom is 0.317 e. The van der Waals surface area contributed by atoms with Crippen molar-refractivity contribution in [2.75, 3.05) is 34.9 Å². The molecule has 0 saturated heterocycles. The van der Waals surface area contributed by atoms with Gasteiger partial charge in [0.25, 0.3) is 0 Å². The summed E-state index contributed by atoms with van der Waals surface area (Å²) >= 11 is 0. The molecule has 0 fully saturated rings. The molecule has 0 unspecified atom stereocenters. The summed E-state index contributed by atoms with van der Waals surface area (Å²) in [5.41, 5.74) is 2.12. The summed E-state index contributed by atoms with van der Waals surface area (Å²) in [5.74, 6) is 2.32. The van der Waals surface area contributed by atoms with Crippen LogP contribution in [0.2, 0.25) is 0 Å². The van der Waals surface area contributed by atoms with Gasteiger partial charge in [-0.15, -0.1) is 0 Å². The van der Waals surface area contributed by atoms with E-state index in [4.69, 9.17) is 14.2 Å². The predicted octanol–water partition coefficient (Wildman–Crippen LogP) is 3.49. The van der Waals surface area contributed by atoms with Crippen molar-refractivity contribution in [1.29, 1.82) is 0 Å². The molecule has 146 valence electrons. The number of hydrogen-bond acceptors (Lipinski definition) is 4. The molecule has 0 bridgehead atoms. The van der Waals surface area contributed by atoms with Crippen LogP contribution in [0.5, 0.6) is 17.2 Å². The zero-order valence-corrected chi connectivity index (χ0v) is 16.5. The maximum atomic E-state index is 12.3. The van der Waals surface area contributed by atoms with Crippen LogP contribution >= 0.6 is 0 Å². The fourth-order valence-corrected chi connectivity index (χ4v) is 2.75. The Bertz CT molecular complexity index is 731. The number of urea groups is 1. The van der Waals surface area contributed by atoms with Gasteiger partial charge in [0.05, 0.1) is 27.9 Å². The highest BCUT2D eigenvalue weighted by molar-refractivity contribution is 5.73. The molecule has 1 N–H and O–H groups in total. The van der Waals surface area contributed by atoms with Crippen LogP contribution in [0.1, 0.15) is 17.5 Å². The highest BCUT2D eigenvalue weighted by Crippen LogP contribution is 2.25. The standard InChI is InChI=1S/C21H28N2O4/c1-23(15-17-14-19(26-3)11-12-20(17)27-4)21(24)22-13-5-6-16-7-9-18(25-2)10-8-16/h7-12,14H,5-6,13,15H2,1-4H3,(H,22,24). The second kappa shape index (κ2) is 10.3. The summed E-state index contributed by atoms with van der Waals surface area (Å²) in [4.78, 5) is 14.0. The van der Waals surface area contributed by atoms with Gasteiger partial charge in [-0.25, -0.2) is 4.79 Å². The van der Waals surface area contributed by atoms with E-state index >= 15 is 0 Å². The Labute approximate surface area is 161 Å². The predicted molar refractivity (Wildman–Crippen MR) is 106 cm³/mol. The highest BCUT2D eigenvalue weighted by Gasteiger charge is 2.12. The first-order valence-corrected chi connectivity index (χ1v) is 8.90. The largest absolute Gasteiger partial charge is 0.497 e. The lowest BCUT2D eigenvalue weighted by Gasteiger charge is -2.20. The van der Waals surface area contributed by atoms with E-state index in [-0.39, 0.29) is 6.03 Å². The monoisotopic (exact) mass is 372 g/mol. The van der Waals surface area contributed by atoms with Crippen LogP contribution in [-0.2, 0) is 13.0 Å². The number of nitrogens with zero attached hydrogens (tertiary/aromatic N) is 1. The molecule has 2 rings (SSSR count). The number of carbonyl (C=O) groups excluding carboxylic acids is 1. The Morgan fingerprint density at radius 3 is 2.26 bits per heavy atom. The van der Waals surface area contributed by atoms with E-state index in [2.05, 4.69) is 5.32 Å². The van der Waals surface area contributed by atoms with E-state index in [1.807, 2.05) is 42.5 Å². The van der Waals surface area contributed by atoms with Gasteiger partial charge in [-0.2, -0.15) is 0 Å². The minimum Gasteiger partial charge on any atom is -0.497 e. The van der Waals surface area contributed by atoms with Crippen molar-refractivity contribution < 1.29 is 19.0 Å². The van der Waals surface area contributed by atoms with E-state index in [9.17, 15) is 4.79 Å². The number of amides is 2. The fraction of sp³-hybridized carbons (Fsp3) is 0.381. The molecule has 2 aromatic carbocycles. The molecule has 2 aromatic rings. The molecule has 0 aliphatic rings. The summed E-state index contributed by atoms with van der Waals surface area (Å²) in [6.07, 6.45) is 1.77. The summed E-state index contributed by atoms with van der Waals surface area (Å²) in [6.45, 7) is 1.05. The van der Waals surface area contributed by atoms with Crippen LogP contribution < -0.4 is 19.5 Å². The molecular weight excluding hydrogens is 344 g/mol. The molecule has 27 heavy (non-hydrogen) atoms. The number of ether oxygens (including phenoxy) is 3. The Hall–Kier alpha value is -2.89. The SMILES string of the molecule is COc1ccc(CCCNC(=O)N(C)Cc2cc(OC)ccc2OC)cc1. The lowest BCUT2D eigenvalue weighted by Crippen LogP contribution is -2.37. The lowest BCUT2D eigenvalue weighted by molar-refractivity contribution is 0.206. The normalized spacial score (nSPS) is 10.2. The van der Waals surface area contributed by atoms with Crippen molar-refractivity contribution in [3.05, 3.63) is 53.6 Å². The first kappa shape index (κ1) is 20.4. The van der Waals surface area contributed by atoms with Crippen molar-refractivity contribution >= 4 is 6.03 Å². The fourth-order valence-electron chi connectivity index (χ4n) is 2.75. The lowest BCUT2D eigenvalue weighted by atomic mass is 10.1. The van der Waals surface area contributed by atoms with Gasteiger partial charge in [-0.05, 0) is 48.7 Å². The van der Waals surface area contributed by atoms with Crippen molar-refractivity contribution in [1.82, 2.24) is 10.2 Å². The van der Waals surface area contributed by atoms with Crippen LogP contribution in [-0.4, -0.2) is 45.9 Å². The van der Waals surface area contributed by atoms with Crippen LogP contribution in [0, 0.1) is 0 Å². The average molecular weight is 372 g/mol. The van der Waals surface area contributed by atoms with Crippen molar-refractivity contribution in [2.45, 2.75) is 19.4 Å². The third-order valence-corrected chi connectivity index (χ3v) is 4.32. The first-order chi connectivity index (χ1) is 13.1. The zero-order chi connectivity index (χ0) is 19.6. The average Bonchev–Trinajstić information content (AvgIpc) is 2.71. The number of hydrogen-bond donors (Lipinski definition) is 1. The molecule has 0 aliphatic heterocycles. The highest BCUT2D eigenvalue weighted by atomic mass is 16.5. The van der Waals surface area contributed by atoms with E-state index in [0.717, 1.165) is 35.7 Å². The molecule has 0 atom stereocenters. The van der Waals surface area contributed by atoms with Gasteiger partial charge >= 0.3 is 6.03 Å². The smallest absolute Gasteiger partial charge is 0.317 e. The Morgan fingerprint density at radius 1 is 0.963 bits per heavy atom. The Morgan fingerprint density at radius 2 is 1.63 bits per heavy atom. The van der Waals surface area contributed by atoms with Gasteiger partial charge in [-0.1, -0.05) is 12.1 Å². The molecule has 0 spiro atoms. The van der Waals surface area contributed by atoms with E-state index in [1.165, 1.54) is 5.56 Å². The number of aryl methyl sites for hydroxylation is 1. The van der Waals surface area contributed by atoms with Crippen LogP contribution in [0.25, 0.3) is 0 Å². The molecule has 0 heterocycles. The van der Waals surface area contributed by atoms with Gasteiger partial charge in [0.15, 0.2) is 0 Å². The third kappa shape index (κ3) is 6.09. The van der Waals surface area contributed by atoms with Gasteiger partial charge in [0.2, 0.25) is 0 Å². The number of rotatable bonds is 9. The topological polar surface area (TPSA) is 60.0 Å². The van der Waals surface area contributed by atoms with Crippen molar-refractivity contribution in [3.63, 3.8) is 0 Å². The first-order valence-electron chi connectivity index (χ1n) is 8.90. The molecule has 0 aliphatic carbocycles. The minimum absolute atomic E-state index is 0.116. The molecule has 2 amide bonds. The number of benzene rings is 2. The minimum atomic E-state index is -0.116. The maximum absolute atomic E-state index is 12.3. The second-order valence-corrected chi connectivity index (χ2v) is 6.22. The molecular formula is C21H28N2O4. The van der Waals surface area contributed by atoms with Crippen LogP contribution in [0.15, 0.2) is 42.5 Å². The second-order valence-electron chi connectivity index (χ2n) is 6.22. The molecule has 6 heteroatoms. The zero-order valence-electron chi connectivity index (χ0n) is 16.5. The van der Waals surface area contributed by atoms with E-state index in [1.54, 1.807) is 33.3 Å². The van der Waals surface area contributed by atoms with Gasteiger partial charge < -0.3 is 24.4 Å².